The third-order valence-corrected chi connectivity index (χ3v) is 6.43. The molecule has 0 aliphatic rings. The molecule has 1 heterocycles. The van der Waals surface area contributed by atoms with E-state index in [0.717, 1.165) is 28.7 Å². The monoisotopic (exact) mass is 452 g/mol. The molecule has 1 N–H and O–H groups in total. The lowest BCUT2D eigenvalue weighted by Gasteiger charge is -2.11. The second-order valence-electron chi connectivity index (χ2n) is 7.46. The Labute approximate surface area is 189 Å². The number of benzene rings is 2. The maximum Gasteiger partial charge on any atom is 0.306 e. The number of carbonyl (C=O) groups is 1. The summed E-state index contributed by atoms with van der Waals surface area (Å²) in [5.41, 5.74) is 4.30. The first kappa shape index (κ1) is 23.6. The van der Waals surface area contributed by atoms with Crippen LogP contribution in [-0.4, -0.2) is 32.5 Å². The van der Waals surface area contributed by atoms with Gasteiger partial charge in [0, 0.05) is 25.4 Å². The smallest absolute Gasteiger partial charge is 0.306 e. The third-order valence-electron chi connectivity index (χ3n) is 4.95. The molecule has 2 aromatic carbocycles. The minimum absolute atomic E-state index is 0.218. The van der Waals surface area contributed by atoms with Crippen LogP contribution in [0.15, 0.2) is 78.0 Å². The third kappa shape index (κ3) is 7.28. The van der Waals surface area contributed by atoms with Gasteiger partial charge in [-0.15, -0.1) is 0 Å². The number of hydrogen-bond donors (Lipinski definition) is 1. The van der Waals surface area contributed by atoms with Crippen molar-refractivity contribution < 1.29 is 17.9 Å². The Kier molecular flexibility index (Phi) is 8.53. The molecule has 168 valence electrons. The molecular formula is C25H28N2O4S. The van der Waals surface area contributed by atoms with Crippen molar-refractivity contribution in [1.82, 2.24) is 9.71 Å². The number of pyridine rings is 1. The minimum Gasteiger partial charge on any atom is -0.466 e. The Hall–Kier alpha value is -3.03. The molecule has 0 fully saturated rings. The number of ether oxygens (including phenoxy) is 1. The van der Waals surface area contributed by atoms with Crippen LogP contribution in [0.1, 0.15) is 35.6 Å². The largest absolute Gasteiger partial charge is 0.466 e. The molecule has 0 unspecified atom stereocenters. The first-order chi connectivity index (χ1) is 15.5. The second kappa shape index (κ2) is 11.5. The van der Waals surface area contributed by atoms with Crippen molar-refractivity contribution in [1.29, 1.82) is 0 Å². The maximum absolute atomic E-state index is 12.5. The second-order valence-corrected chi connectivity index (χ2v) is 9.22. The fourth-order valence-electron chi connectivity index (χ4n) is 3.46. The zero-order chi connectivity index (χ0) is 22.8. The number of nitrogens with zero attached hydrogens (tertiary/aromatic N) is 1. The Morgan fingerprint density at radius 1 is 0.906 bits per heavy atom. The first-order valence-electron chi connectivity index (χ1n) is 10.7. The average molecular weight is 453 g/mol. The van der Waals surface area contributed by atoms with Gasteiger partial charge in [-0.1, -0.05) is 36.4 Å². The molecule has 32 heavy (non-hydrogen) atoms. The van der Waals surface area contributed by atoms with E-state index in [1.54, 1.807) is 49.6 Å². The average Bonchev–Trinajstić information content (AvgIpc) is 2.79. The van der Waals surface area contributed by atoms with Gasteiger partial charge in [0.2, 0.25) is 10.0 Å². The van der Waals surface area contributed by atoms with Gasteiger partial charge in [0.05, 0.1) is 11.5 Å². The van der Waals surface area contributed by atoms with E-state index in [2.05, 4.69) is 21.8 Å². The van der Waals surface area contributed by atoms with Crippen LogP contribution in [0.3, 0.4) is 0 Å². The molecular weight excluding hydrogens is 424 g/mol. The highest BCUT2D eigenvalue weighted by molar-refractivity contribution is 7.89. The van der Waals surface area contributed by atoms with Crippen LogP contribution < -0.4 is 4.72 Å². The van der Waals surface area contributed by atoms with Gasteiger partial charge in [0.25, 0.3) is 0 Å². The molecule has 0 saturated carbocycles. The summed E-state index contributed by atoms with van der Waals surface area (Å²) < 4.78 is 32.6. The normalized spacial score (nSPS) is 11.3. The van der Waals surface area contributed by atoms with E-state index in [4.69, 9.17) is 4.74 Å². The molecule has 1 aromatic heterocycles. The van der Waals surface area contributed by atoms with Crippen molar-refractivity contribution in [3.05, 3.63) is 95.3 Å². The summed E-state index contributed by atoms with van der Waals surface area (Å²) in [6, 6.07) is 18.5. The maximum atomic E-state index is 12.5. The van der Waals surface area contributed by atoms with Crippen molar-refractivity contribution >= 4 is 16.0 Å². The van der Waals surface area contributed by atoms with E-state index in [1.165, 1.54) is 0 Å². The van der Waals surface area contributed by atoms with E-state index < -0.39 is 10.0 Å². The Morgan fingerprint density at radius 2 is 1.56 bits per heavy atom. The zero-order valence-electron chi connectivity index (χ0n) is 18.2. The lowest BCUT2D eigenvalue weighted by molar-refractivity contribution is -0.143. The SMILES string of the molecule is CCOC(=O)CCc1cc(CCNS(=O)(=O)c2ccccc2)cc(Cc2ccncc2)c1. The number of aryl methyl sites for hydroxylation is 1. The highest BCUT2D eigenvalue weighted by Gasteiger charge is 2.13. The van der Waals surface area contributed by atoms with E-state index in [0.29, 0.717) is 25.9 Å². The van der Waals surface area contributed by atoms with E-state index in [1.807, 2.05) is 18.2 Å². The first-order valence-corrected chi connectivity index (χ1v) is 12.2. The van der Waals surface area contributed by atoms with E-state index in [9.17, 15) is 13.2 Å². The van der Waals surface area contributed by atoms with Crippen LogP contribution in [-0.2, 0) is 38.8 Å². The Morgan fingerprint density at radius 3 is 2.25 bits per heavy atom. The fraction of sp³-hybridized carbons (Fsp3) is 0.280. The number of aromatic nitrogens is 1. The lowest BCUT2D eigenvalue weighted by atomic mass is 9.97. The van der Waals surface area contributed by atoms with Crippen LogP contribution in [0.4, 0.5) is 0 Å². The van der Waals surface area contributed by atoms with Gasteiger partial charge in [-0.3, -0.25) is 9.78 Å². The molecule has 0 amide bonds. The number of rotatable bonds is 11. The fourth-order valence-corrected chi connectivity index (χ4v) is 4.51. The van der Waals surface area contributed by atoms with Crippen molar-refractivity contribution in [2.45, 2.75) is 37.5 Å². The van der Waals surface area contributed by atoms with Crippen LogP contribution >= 0.6 is 0 Å². The highest BCUT2D eigenvalue weighted by atomic mass is 32.2. The van der Waals surface area contributed by atoms with Gasteiger partial charge in [-0.05, 0) is 72.7 Å². The quantitative estimate of drug-likeness (QED) is 0.449. The molecule has 0 spiro atoms. The molecule has 0 atom stereocenters. The van der Waals surface area contributed by atoms with Gasteiger partial charge in [0.1, 0.15) is 0 Å². The standard InChI is InChI=1S/C25H28N2O4S/c1-2-31-25(28)9-8-21-17-22(19-23(18-21)16-20-10-13-26-14-11-20)12-15-27-32(29,30)24-6-4-3-5-7-24/h3-7,10-11,13-14,17-19,27H,2,8-9,12,15-16H2,1H3. The molecule has 0 radical (unpaired) electrons. The summed E-state index contributed by atoms with van der Waals surface area (Å²) >= 11 is 0. The van der Waals surface area contributed by atoms with E-state index in [-0.39, 0.29) is 17.4 Å². The van der Waals surface area contributed by atoms with Crippen LogP contribution in [0.2, 0.25) is 0 Å². The van der Waals surface area contributed by atoms with Gasteiger partial charge in [-0.25, -0.2) is 13.1 Å². The molecule has 0 saturated heterocycles. The van der Waals surface area contributed by atoms with Crippen LogP contribution in [0.25, 0.3) is 0 Å². The summed E-state index contributed by atoms with van der Waals surface area (Å²) in [5.74, 6) is -0.218. The highest BCUT2D eigenvalue weighted by Crippen LogP contribution is 2.17. The Bertz CT molecular complexity index is 1120. The van der Waals surface area contributed by atoms with Crippen LogP contribution in [0.5, 0.6) is 0 Å². The van der Waals surface area contributed by atoms with Gasteiger partial charge in [0.15, 0.2) is 0 Å². The molecule has 6 nitrogen and oxygen atoms in total. The lowest BCUT2D eigenvalue weighted by Crippen LogP contribution is -2.26. The molecule has 3 rings (SSSR count). The van der Waals surface area contributed by atoms with Crippen LogP contribution in [0, 0.1) is 0 Å². The molecule has 7 heteroatoms. The van der Waals surface area contributed by atoms with E-state index >= 15 is 0 Å². The number of nitrogens with one attached hydrogen (secondary N) is 1. The van der Waals surface area contributed by atoms with Gasteiger partial charge < -0.3 is 4.74 Å². The summed E-state index contributed by atoms with van der Waals surface area (Å²) in [6.45, 7) is 2.45. The predicted octanol–water partition coefficient (Wildman–Crippen LogP) is 3.69. The van der Waals surface area contributed by atoms with Gasteiger partial charge >= 0.3 is 5.97 Å². The summed E-state index contributed by atoms with van der Waals surface area (Å²) in [6.07, 6.45) is 5.69. The summed E-state index contributed by atoms with van der Waals surface area (Å²) in [5, 5.41) is 0. The Balaban J connectivity index is 1.72. The zero-order valence-corrected chi connectivity index (χ0v) is 19.0. The molecule has 0 aliphatic carbocycles. The number of sulfonamides is 1. The number of hydrogen-bond acceptors (Lipinski definition) is 5. The van der Waals surface area contributed by atoms with Crippen molar-refractivity contribution in [3.63, 3.8) is 0 Å². The summed E-state index contributed by atoms with van der Waals surface area (Å²) in [4.78, 5) is 16.1. The predicted molar refractivity (Wildman–Crippen MR) is 124 cm³/mol. The van der Waals surface area contributed by atoms with Crippen molar-refractivity contribution in [2.24, 2.45) is 0 Å². The minimum atomic E-state index is -3.55. The molecule has 3 aromatic rings. The van der Waals surface area contributed by atoms with Crippen molar-refractivity contribution in [2.75, 3.05) is 13.2 Å². The topological polar surface area (TPSA) is 85.4 Å². The number of esters is 1. The molecule has 0 bridgehead atoms. The summed E-state index contributed by atoms with van der Waals surface area (Å²) in [7, 11) is -3.55. The van der Waals surface area contributed by atoms with Gasteiger partial charge in [-0.2, -0.15) is 0 Å². The molecule has 0 aliphatic heterocycles. The van der Waals surface area contributed by atoms with Crippen molar-refractivity contribution in [3.8, 4) is 0 Å². The number of carbonyl (C=O) groups excluding carboxylic acids is 1.